The summed E-state index contributed by atoms with van der Waals surface area (Å²) in [6.45, 7) is 7.73. The Morgan fingerprint density at radius 3 is 2.71 bits per heavy atom. The fraction of sp³-hybridized carbons (Fsp3) is 0.467. The number of nitrogens with one attached hydrogen (secondary N) is 2. The van der Waals surface area contributed by atoms with Gasteiger partial charge in [-0.3, -0.25) is 9.48 Å². The number of rotatable bonds is 6. The summed E-state index contributed by atoms with van der Waals surface area (Å²) in [6.07, 6.45) is 11.0. The number of fused-ring (bicyclic) bond motifs is 1. The maximum atomic E-state index is 13.3. The molecule has 11 nitrogen and oxygen atoms in total. The number of carbonyl (C=O) groups is 1. The second kappa shape index (κ2) is 11.0. The summed E-state index contributed by atoms with van der Waals surface area (Å²) in [5, 5.41) is 19.0. The van der Waals surface area contributed by atoms with Gasteiger partial charge in [-0.05, 0) is 81.5 Å². The van der Waals surface area contributed by atoms with E-state index in [1.54, 1.807) is 28.0 Å². The molecular formula is C30H37N9O2. The van der Waals surface area contributed by atoms with Gasteiger partial charge in [-0.25, -0.2) is 14.6 Å². The van der Waals surface area contributed by atoms with Crippen molar-refractivity contribution in [3.05, 3.63) is 65.9 Å². The predicted molar refractivity (Wildman–Crippen MR) is 155 cm³/mol. The Morgan fingerprint density at radius 1 is 1.10 bits per heavy atom. The van der Waals surface area contributed by atoms with E-state index in [1.807, 2.05) is 40.1 Å². The van der Waals surface area contributed by atoms with Crippen LogP contribution in [0.1, 0.15) is 67.7 Å². The number of amides is 1. The lowest BCUT2D eigenvalue weighted by Gasteiger charge is -2.21. The number of ether oxygens (including phenoxy) is 1. The zero-order valence-electron chi connectivity index (χ0n) is 24.0. The first-order valence-corrected chi connectivity index (χ1v) is 14.3. The highest BCUT2D eigenvalue weighted by Gasteiger charge is 2.32. The van der Waals surface area contributed by atoms with Crippen LogP contribution >= 0.6 is 0 Å². The fourth-order valence-corrected chi connectivity index (χ4v) is 5.80. The lowest BCUT2D eigenvalue weighted by Crippen LogP contribution is -2.29. The SMILES string of the molecule is Cn1cc(Nc2nccc(-c3ccc4c(c3)CC(C3CCOC3)CC[C@H]4NC(=O)c3cn(C(C)(C)C)nn3)n2)cn1. The summed E-state index contributed by atoms with van der Waals surface area (Å²) in [6, 6.07) is 8.27. The monoisotopic (exact) mass is 555 g/mol. The van der Waals surface area contributed by atoms with Crippen molar-refractivity contribution in [2.24, 2.45) is 18.9 Å². The highest BCUT2D eigenvalue weighted by atomic mass is 16.5. The minimum absolute atomic E-state index is 0.119. The zero-order chi connectivity index (χ0) is 28.6. The minimum Gasteiger partial charge on any atom is -0.381 e. The van der Waals surface area contributed by atoms with E-state index < -0.39 is 0 Å². The Labute approximate surface area is 239 Å². The quantitative estimate of drug-likeness (QED) is 0.335. The van der Waals surface area contributed by atoms with Gasteiger partial charge in [-0.1, -0.05) is 17.3 Å². The molecule has 2 aliphatic rings. The maximum absolute atomic E-state index is 13.3. The summed E-state index contributed by atoms with van der Waals surface area (Å²) in [5.74, 6) is 1.33. The van der Waals surface area contributed by atoms with Crippen molar-refractivity contribution in [2.75, 3.05) is 18.5 Å². The molecule has 2 N–H and O–H groups in total. The topological polar surface area (TPSA) is 125 Å². The van der Waals surface area contributed by atoms with E-state index in [2.05, 4.69) is 49.2 Å². The van der Waals surface area contributed by atoms with Gasteiger partial charge in [0.1, 0.15) is 0 Å². The molecule has 1 aromatic carbocycles. The first-order chi connectivity index (χ1) is 19.7. The van der Waals surface area contributed by atoms with E-state index in [-0.39, 0.29) is 17.5 Å². The first-order valence-electron chi connectivity index (χ1n) is 14.3. The van der Waals surface area contributed by atoms with E-state index in [0.29, 0.717) is 23.5 Å². The Hall–Kier alpha value is -4.12. The second-order valence-corrected chi connectivity index (χ2v) is 12.1. The average molecular weight is 556 g/mol. The Balaban J connectivity index is 1.28. The van der Waals surface area contributed by atoms with Crippen LogP contribution in [-0.2, 0) is 23.7 Å². The summed E-state index contributed by atoms with van der Waals surface area (Å²) >= 11 is 0. The van der Waals surface area contributed by atoms with Crippen LogP contribution in [0.25, 0.3) is 11.3 Å². The van der Waals surface area contributed by atoms with Gasteiger partial charge in [0.2, 0.25) is 5.95 Å². The van der Waals surface area contributed by atoms with E-state index in [0.717, 1.165) is 61.4 Å². The molecule has 4 aromatic rings. The summed E-state index contributed by atoms with van der Waals surface area (Å²) in [4.78, 5) is 22.5. The summed E-state index contributed by atoms with van der Waals surface area (Å²) in [5.41, 5.74) is 5.14. The van der Waals surface area contributed by atoms with Gasteiger partial charge in [0, 0.05) is 38.2 Å². The first kappa shape index (κ1) is 27.1. The molecule has 1 amide bonds. The van der Waals surface area contributed by atoms with Crippen molar-refractivity contribution in [2.45, 2.75) is 58.0 Å². The molecule has 0 spiro atoms. The van der Waals surface area contributed by atoms with Crippen LogP contribution in [0.2, 0.25) is 0 Å². The van der Waals surface area contributed by atoms with Crippen LogP contribution < -0.4 is 10.6 Å². The Morgan fingerprint density at radius 2 is 1.98 bits per heavy atom. The number of carbonyl (C=O) groups excluding carboxylic acids is 1. The molecule has 4 heterocycles. The zero-order valence-corrected chi connectivity index (χ0v) is 24.0. The summed E-state index contributed by atoms with van der Waals surface area (Å²) in [7, 11) is 1.87. The van der Waals surface area contributed by atoms with Gasteiger partial charge >= 0.3 is 0 Å². The molecule has 11 heteroatoms. The number of hydrogen-bond donors (Lipinski definition) is 2. The second-order valence-electron chi connectivity index (χ2n) is 12.1. The van der Waals surface area contributed by atoms with Crippen LogP contribution in [0, 0.1) is 11.8 Å². The molecule has 214 valence electrons. The van der Waals surface area contributed by atoms with Crippen molar-refractivity contribution in [3.63, 3.8) is 0 Å². The number of benzene rings is 1. The molecule has 1 fully saturated rings. The molecule has 0 radical (unpaired) electrons. The third-order valence-electron chi connectivity index (χ3n) is 8.09. The van der Waals surface area contributed by atoms with Gasteiger partial charge in [0.05, 0.1) is 35.4 Å². The van der Waals surface area contributed by atoms with E-state index in [4.69, 9.17) is 9.72 Å². The largest absolute Gasteiger partial charge is 0.381 e. The molecule has 1 aliphatic heterocycles. The molecule has 1 aliphatic carbocycles. The van der Waals surface area contributed by atoms with Crippen molar-refractivity contribution in [1.29, 1.82) is 0 Å². The van der Waals surface area contributed by atoms with Gasteiger partial charge in [-0.2, -0.15) is 5.10 Å². The van der Waals surface area contributed by atoms with Crippen molar-refractivity contribution < 1.29 is 9.53 Å². The lowest BCUT2D eigenvalue weighted by molar-refractivity contribution is 0.0927. The number of anilines is 2. The van der Waals surface area contributed by atoms with Gasteiger partial charge in [0.15, 0.2) is 5.69 Å². The standard InChI is InChI=1S/C30H37N9O2/c1-30(2,3)39-17-27(36-37-39)28(40)34-26-8-6-19(21-10-12-41-18-21)13-22-14-20(5-7-24(22)26)25-9-11-31-29(35-25)33-23-15-32-38(4)16-23/h5,7,9,11,14-17,19,21,26H,6,8,10,12-13,18H2,1-4H3,(H,34,40)(H,31,33,35)/t19?,21?,26-/m1/s1. The number of aryl methyl sites for hydroxylation is 1. The normalized spacial score (nSPS) is 20.8. The highest BCUT2D eigenvalue weighted by Crippen LogP contribution is 2.38. The van der Waals surface area contributed by atoms with Crippen LogP contribution in [0.4, 0.5) is 11.6 Å². The van der Waals surface area contributed by atoms with Gasteiger partial charge in [0.25, 0.3) is 5.91 Å². The fourth-order valence-electron chi connectivity index (χ4n) is 5.80. The van der Waals surface area contributed by atoms with E-state index in [9.17, 15) is 4.79 Å². The predicted octanol–water partition coefficient (Wildman–Crippen LogP) is 4.43. The molecule has 3 aromatic heterocycles. The maximum Gasteiger partial charge on any atom is 0.273 e. The van der Waals surface area contributed by atoms with E-state index in [1.165, 1.54) is 5.56 Å². The highest BCUT2D eigenvalue weighted by molar-refractivity contribution is 5.92. The van der Waals surface area contributed by atoms with Crippen LogP contribution in [0.15, 0.2) is 49.1 Å². The smallest absolute Gasteiger partial charge is 0.273 e. The van der Waals surface area contributed by atoms with Crippen molar-refractivity contribution in [3.8, 4) is 11.3 Å². The average Bonchev–Trinajstić information content (AvgIpc) is 3.71. The molecule has 0 bridgehead atoms. The molecule has 3 atom stereocenters. The molecule has 2 unspecified atom stereocenters. The lowest BCUT2D eigenvalue weighted by atomic mass is 9.84. The van der Waals surface area contributed by atoms with Gasteiger partial charge < -0.3 is 15.4 Å². The van der Waals surface area contributed by atoms with E-state index >= 15 is 0 Å². The molecule has 1 saturated heterocycles. The minimum atomic E-state index is -0.248. The number of hydrogen-bond acceptors (Lipinski definition) is 8. The van der Waals surface area contributed by atoms with Crippen LogP contribution in [0.5, 0.6) is 0 Å². The number of aromatic nitrogens is 7. The molecule has 0 saturated carbocycles. The van der Waals surface area contributed by atoms with Crippen molar-refractivity contribution in [1.82, 2.24) is 40.1 Å². The third-order valence-corrected chi connectivity index (χ3v) is 8.09. The van der Waals surface area contributed by atoms with Crippen LogP contribution in [0.3, 0.4) is 0 Å². The number of nitrogens with zero attached hydrogens (tertiary/aromatic N) is 7. The molecule has 41 heavy (non-hydrogen) atoms. The van der Waals surface area contributed by atoms with Crippen molar-refractivity contribution >= 4 is 17.5 Å². The Bertz CT molecular complexity index is 1530. The molecule has 6 rings (SSSR count). The van der Waals surface area contributed by atoms with Crippen LogP contribution in [-0.4, -0.2) is 53.9 Å². The van der Waals surface area contributed by atoms with Gasteiger partial charge in [-0.15, -0.1) is 5.10 Å². The Kier molecular flexibility index (Phi) is 7.29. The summed E-state index contributed by atoms with van der Waals surface area (Å²) < 4.78 is 9.21. The molecular weight excluding hydrogens is 518 g/mol. The third kappa shape index (κ3) is 6.00.